The van der Waals surface area contributed by atoms with E-state index in [1.54, 1.807) is 0 Å². The van der Waals surface area contributed by atoms with Gasteiger partial charge < -0.3 is 15.9 Å². The Hall–Kier alpha value is -1.69. The highest BCUT2D eigenvalue weighted by Gasteiger charge is 2.17. The van der Waals surface area contributed by atoms with Crippen LogP contribution in [0.3, 0.4) is 0 Å². The van der Waals surface area contributed by atoms with E-state index in [1.165, 1.54) is 0 Å². The van der Waals surface area contributed by atoms with Crippen molar-refractivity contribution in [2.75, 3.05) is 0 Å². The van der Waals surface area contributed by atoms with Crippen molar-refractivity contribution >= 4 is 5.97 Å². The highest BCUT2D eigenvalue weighted by atomic mass is 19.3. The number of hydrogen-bond acceptors (Lipinski definition) is 3. The summed E-state index contributed by atoms with van der Waals surface area (Å²) < 4.78 is 24.7. The number of nitrogens with two attached hydrogens (primary N) is 1. The van der Waals surface area contributed by atoms with Crippen molar-refractivity contribution < 1.29 is 23.8 Å². The molecule has 88 valence electrons. The van der Waals surface area contributed by atoms with Crippen LogP contribution in [0.2, 0.25) is 0 Å². The number of phenolic OH excluding ortho intramolecular Hbond substituents is 1. The van der Waals surface area contributed by atoms with Crippen LogP contribution in [0.5, 0.6) is 5.75 Å². The Labute approximate surface area is 90.3 Å². The Morgan fingerprint density at radius 1 is 1.44 bits per heavy atom. The summed E-state index contributed by atoms with van der Waals surface area (Å²) in [6.07, 6.45) is -3.11. The van der Waals surface area contributed by atoms with Crippen LogP contribution >= 0.6 is 0 Å². The van der Waals surface area contributed by atoms with Crippen molar-refractivity contribution in [2.24, 2.45) is 5.73 Å². The first kappa shape index (κ1) is 12.4. The van der Waals surface area contributed by atoms with Gasteiger partial charge in [-0.3, -0.25) is 4.79 Å². The number of carboxylic acids is 1. The summed E-state index contributed by atoms with van der Waals surface area (Å²) >= 11 is 0. The predicted octanol–water partition coefficient (Wildman–Crippen LogP) is 1.80. The minimum absolute atomic E-state index is 0.0141. The summed E-state index contributed by atoms with van der Waals surface area (Å²) in [5.74, 6) is -1.44. The standard InChI is InChI=1S/C10H11F2NO3/c11-10(12)5-1-2-8(14)6(3-5)7(13)4-9(15)16/h1-3,7,10,14H,4,13H2,(H,15,16). The summed E-state index contributed by atoms with van der Waals surface area (Å²) in [7, 11) is 0. The second-order valence-corrected chi connectivity index (χ2v) is 3.32. The van der Waals surface area contributed by atoms with Gasteiger partial charge in [-0.05, 0) is 18.2 Å². The third-order valence-corrected chi connectivity index (χ3v) is 2.10. The number of phenols is 1. The van der Waals surface area contributed by atoms with Crippen molar-refractivity contribution in [1.82, 2.24) is 0 Å². The number of benzene rings is 1. The lowest BCUT2D eigenvalue weighted by Gasteiger charge is -2.12. The van der Waals surface area contributed by atoms with Crippen LogP contribution in [-0.2, 0) is 4.79 Å². The zero-order valence-electron chi connectivity index (χ0n) is 8.23. The van der Waals surface area contributed by atoms with Crippen molar-refractivity contribution in [3.8, 4) is 5.75 Å². The van der Waals surface area contributed by atoms with E-state index in [0.717, 1.165) is 18.2 Å². The molecule has 0 aromatic heterocycles. The number of aliphatic carboxylic acids is 1. The van der Waals surface area contributed by atoms with Gasteiger partial charge in [-0.25, -0.2) is 8.78 Å². The third kappa shape index (κ3) is 2.90. The van der Waals surface area contributed by atoms with Gasteiger partial charge in [0.25, 0.3) is 6.43 Å². The number of hydrogen-bond donors (Lipinski definition) is 3. The zero-order valence-corrected chi connectivity index (χ0v) is 8.23. The van der Waals surface area contributed by atoms with Crippen molar-refractivity contribution in [3.05, 3.63) is 29.3 Å². The molecule has 1 atom stereocenters. The van der Waals surface area contributed by atoms with Gasteiger partial charge in [0.05, 0.1) is 6.42 Å². The number of aromatic hydroxyl groups is 1. The fraction of sp³-hybridized carbons (Fsp3) is 0.300. The number of carboxylic acid groups (broad SMARTS) is 1. The Kier molecular flexibility index (Phi) is 3.78. The largest absolute Gasteiger partial charge is 0.508 e. The van der Waals surface area contributed by atoms with Gasteiger partial charge in [0.1, 0.15) is 5.75 Å². The van der Waals surface area contributed by atoms with Crippen LogP contribution in [0.4, 0.5) is 8.78 Å². The van der Waals surface area contributed by atoms with E-state index in [1.807, 2.05) is 0 Å². The monoisotopic (exact) mass is 231 g/mol. The first-order valence-corrected chi connectivity index (χ1v) is 4.50. The summed E-state index contributed by atoms with van der Waals surface area (Å²) in [6.45, 7) is 0. The highest BCUT2D eigenvalue weighted by molar-refractivity contribution is 5.68. The van der Waals surface area contributed by atoms with Gasteiger partial charge in [-0.2, -0.15) is 0 Å². The van der Waals surface area contributed by atoms with E-state index in [-0.39, 0.29) is 16.9 Å². The fourth-order valence-electron chi connectivity index (χ4n) is 1.30. The first-order valence-electron chi connectivity index (χ1n) is 4.50. The lowest BCUT2D eigenvalue weighted by Crippen LogP contribution is -2.15. The molecule has 0 spiro atoms. The molecule has 0 aliphatic heterocycles. The van der Waals surface area contributed by atoms with Crippen LogP contribution in [-0.4, -0.2) is 16.2 Å². The average molecular weight is 231 g/mol. The van der Waals surface area contributed by atoms with E-state index >= 15 is 0 Å². The molecule has 4 nitrogen and oxygen atoms in total. The normalized spacial score (nSPS) is 12.8. The molecule has 1 unspecified atom stereocenters. The van der Waals surface area contributed by atoms with E-state index in [2.05, 4.69) is 0 Å². The van der Waals surface area contributed by atoms with E-state index in [9.17, 15) is 18.7 Å². The Balaban J connectivity index is 3.01. The van der Waals surface area contributed by atoms with Gasteiger partial charge in [0.15, 0.2) is 0 Å². The maximum absolute atomic E-state index is 12.4. The minimum atomic E-state index is -2.68. The summed E-state index contributed by atoms with van der Waals surface area (Å²) in [6, 6.07) is 2.17. The van der Waals surface area contributed by atoms with E-state index in [4.69, 9.17) is 10.8 Å². The molecule has 0 aliphatic carbocycles. The van der Waals surface area contributed by atoms with Gasteiger partial charge >= 0.3 is 5.97 Å². The summed E-state index contributed by atoms with van der Waals surface area (Å²) in [4.78, 5) is 10.4. The Morgan fingerprint density at radius 3 is 2.56 bits per heavy atom. The van der Waals surface area contributed by atoms with E-state index < -0.39 is 24.9 Å². The molecule has 1 aromatic rings. The second-order valence-electron chi connectivity index (χ2n) is 3.32. The molecule has 16 heavy (non-hydrogen) atoms. The topological polar surface area (TPSA) is 83.6 Å². The number of halogens is 2. The number of carbonyl (C=O) groups is 1. The molecular formula is C10H11F2NO3. The van der Waals surface area contributed by atoms with Crippen LogP contribution < -0.4 is 5.73 Å². The first-order chi connectivity index (χ1) is 7.41. The molecule has 6 heteroatoms. The molecule has 1 aromatic carbocycles. The average Bonchev–Trinajstić information content (AvgIpc) is 2.16. The molecule has 0 heterocycles. The van der Waals surface area contributed by atoms with Crippen LogP contribution in [0, 0.1) is 0 Å². The molecule has 0 fully saturated rings. The van der Waals surface area contributed by atoms with Crippen LogP contribution in [0.25, 0.3) is 0 Å². The Morgan fingerprint density at radius 2 is 2.06 bits per heavy atom. The van der Waals surface area contributed by atoms with Gasteiger partial charge in [-0.1, -0.05) is 0 Å². The van der Waals surface area contributed by atoms with Crippen LogP contribution in [0.15, 0.2) is 18.2 Å². The number of alkyl halides is 2. The molecule has 0 saturated heterocycles. The minimum Gasteiger partial charge on any atom is -0.508 e. The molecule has 0 amide bonds. The van der Waals surface area contributed by atoms with Crippen molar-refractivity contribution in [3.63, 3.8) is 0 Å². The van der Waals surface area contributed by atoms with Gasteiger partial charge in [0, 0.05) is 17.2 Å². The summed E-state index contributed by atoms with van der Waals surface area (Å²) in [5, 5.41) is 17.9. The highest BCUT2D eigenvalue weighted by Crippen LogP contribution is 2.29. The molecule has 0 radical (unpaired) electrons. The Bertz CT molecular complexity index is 396. The van der Waals surface area contributed by atoms with Crippen molar-refractivity contribution in [1.29, 1.82) is 0 Å². The fourth-order valence-corrected chi connectivity index (χ4v) is 1.30. The molecule has 0 bridgehead atoms. The smallest absolute Gasteiger partial charge is 0.305 e. The predicted molar refractivity (Wildman–Crippen MR) is 52.2 cm³/mol. The van der Waals surface area contributed by atoms with Gasteiger partial charge in [-0.15, -0.1) is 0 Å². The lowest BCUT2D eigenvalue weighted by atomic mass is 10.0. The zero-order chi connectivity index (χ0) is 12.3. The summed E-state index contributed by atoms with van der Waals surface area (Å²) in [5.41, 5.74) is 5.20. The molecular weight excluding hydrogens is 220 g/mol. The molecule has 4 N–H and O–H groups in total. The van der Waals surface area contributed by atoms with Crippen LogP contribution in [0.1, 0.15) is 30.0 Å². The van der Waals surface area contributed by atoms with Gasteiger partial charge in [0.2, 0.25) is 0 Å². The molecule has 0 aliphatic rings. The maximum atomic E-state index is 12.4. The quantitative estimate of drug-likeness (QED) is 0.737. The third-order valence-electron chi connectivity index (χ3n) is 2.10. The second kappa shape index (κ2) is 4.89. The molecule has 1 rings (SSSR count). The molecule has 0 saturated carbocycles. The van der Waals surface area contributed by atoms with Crippen molar-refractivity contribution in [2.45, 2.75) is 18.9 Å². The number of rotatable bonds is 4. The van der Waals surface area contributed by atoms with E-state index in [0.29, 0.717) is 0 Å². The lowest BCUT2D eigenvalue weighted by molar-refractivity contribution is -0.137. The SMILES string of the molecule is NC(CC(=O)O)c1cc(C(F)F)ccc1O. The maximum Gasteiger partial charge on any atom is 0.305 e.